The number of carbonyl (C=O) groups excluding carboxylic acids is 3. The average Bonchev–Trinajstić information content (AvgIpc) is 2.65. The molecule has 2 aromatic rings. The van der Waals surface area contributed by atoms with E-state index < -0.39 is 50.1 Å². The van der Waals surface area contributed by atoms with Crippen LogP contribution in [-0.2, 0) is 4.74 Å². The monoisotopic (exact) mass is 402 g/mol. The molecule has 2 aromatic carbocycles. The Labute approximate surface area is 162 Å². The van der Waals surface area contributed by atoms with Crippen LogP contribution in [-0.4, -0.2) is 34.1 Å². The third-order valence-electron chi connectivity index (χ3n) is 3.87. The van der Waals surface area contributed by atoms with Gasteiger partial charge in [-0.25, -0.2) is 4.79 Å². The molecule has 0 heterocycles. The molecule has 4 N–H and O–H groups in total. The van der Waals surface area contributed by atoms with Crippen molar-refractivity contribution in [2.24, 2.45) is 5.73 Å². The van der Waals surface area contributed by atoms with Crippen LogP contribution in [0.5, 0.6) is 0 Å². The van der Waals surface area contributed by atoms with E-state index in [-0.39, 0.29) is 16.7 Å². The fourth-order valence-electron chi connectivity index (χ4n) is 2.72. The van der Waals surface area contributed by atoms with Gasteiger partial charge in [0.05, 0.1) is 16.5 Å². The number of hydrogen-bond acceptors (Lipinski definition) is 9. The summed E-state index contributed by atoms with van der Waals surface area (Å²) in [5.41, 5.74) is 6.73. The number of nitro benzene ring substituents is 2. The van der Waals surface area contributed by atoms with E-state index in [9.17, 15) is 34.6 Å². The third kappa shape index (κ3) is 3.85. The van der Waals surface area contributed by atoms with Crippen molar-refractivity contribution in [3.8, 4) is 0 Å². The number of hydrogen-bond donors (Lipinski definition) is 2. The fourth-order valence-corrected chi connectivity index (χ4v) is 2.72. The van der Waals surface area contributed by atoms with Crippen molar-refractivity contribution in [1.29, 1.82) is 0 Å². The van der Waals surface area contributed by atoms with Crippen molar-refractivity contribution in [2.75, 3.05) is 12.3 Å². The van der Waals surface area contributed by atoms with E-state index in [4.69, 9.17) is 5.73 Å². The first-order valence-electron chi connectivity index (χ1n) is 7.97. The number of amides is 1. The van der Waals surface area contributed by atoms with Gasteiger partial charge in [-0.1, -0.05) is 24.3 Å². The van der Waals surface area contributed by atoms with Crippen molar-refractivity contribution >= 4 is 34.7 Å². The number of fused-ring (bicyclic) bond motifs is 2. The van der Waals surface area contributed by atoms with Crippen LogP contribution in [0, 0.1) is 20.2 Å². The summed E-state index contributed by atoms with van der Waals surface area (Å²) in [6.45, 7) is 2.06. The minimum atomic E-state index is -0.986. The predicted molar refractivity (Wildman–Crippen MR) is 98.7 cm³/mol. The standard InChI is InChI=1S/C14H7N3O6.C3H7NO2/c15-11-9(16(20)21)5-8-10(12(11)17(22)23)14(19)7-4-2-1-3-6(7)13(8)18;1-2-6-3(4)5/h1-5H,15H2;2H2,1H3,(H2,4,5). The van der Waals surface area contributed by atoms with Gasteiger partial charge in [0.25, 0.3) is 5.69 Å². The SMILES string of the molecule is CCOC(N)=O.Nc1c([N+](=O)[O-])cc2c(c1[N+](=O)[O-])C(=O)c1ccccc1C2=O. The van der Waals surface area contributed by atoms with Crippen LogP contribution in [0.2, 0.25) is 0 Å². The highest BCUT2D eigenvalue weighted by Gasteiger charge is 2.40. The second-order valence-electron chi connectivity index (χ2n) is 5.55. The number of nitrogen functional groups attached to an aromatic ring is 1. The average molecular weight is 402 g/mol. The lowest BCUT2D eigenvalue weighted by Crippen LogP contribution is -2.23. The Morgan fingerprint density at radius 3 is 2.00 bits per heavy atom. The first kappa shape index (κ1) is 21.0. The number of rotatable bonds is 3. The number of nitrogens with zero attached hydrogens (tertiary/aromatic N) is 2. The van der Waals surface area contributed by atoms with Crippen LogP contribution in [0.25, 0.3) is 0 Å². The Balaban J connectivity index is 0.000000438. The van der Waals surface area contributed by atoms with E-state index in [1.165, 1.54) is 24.3 Å². The molecule has 0 spiro atoms. The van der Waals surface area contributed by atoms with Crippen LogP contribution in [0.4, 0.5) is 21.9 Å². The van der Waals surface area contributed by atoms with Gasteiger partial charge < -0.3 is 16.2 Å². The molecule has 0 saturated carbocycles. The smallest absolute Gasteiger partial charge is 0.404 e. The normalized spacial score (nSPS) is 11.5. The van der Waals surface area contributed by atoms with Crippen molar-refractivity contribution in [3.05, 3.63) is 72.8 Å². The maximum Gasteiger partial charge on any atom is 0.404 e. The molecule has 1 aliphatic carbocycles. The molecule has 0 bridgehead atoms. The summed E-state index contributed by atoms with van der Waals surface area (Å²) in [7, 11) is 0. The highest BCUT2D eigenvalue weighted by Crippen LogP contribution is 2.41. The largest absolute Gasteiger partial charge is 0.450 e. The summed E-state index contributed by atoms with van der Waals surface area (Å²) in [5, 5.41) is 22.3. The molecule has 0 saturated heterocycles. The fraction of sp³-hybridized carbons (Fsp3) is 0.118. The number of ketones is 2. The predicted octanol–water partition coefficient (Wildman–Crippen LogP) is 1.96. The van der Waals surface area contributed by atoms with E-state index in [0.717, 1.165) is 6.07 Å². The van der Waals surface area contributed by atoms with E-state index in [1.54, 1.807) is 6.92 Å². The van der Waals surface area contributed by atoms with Gasteiger partial charge in [-0.2, -0.15) is 0 Å². The molecule has 12 heteroatoms. The molecule has 0 fully saturated rings. The number of anilines is 1. The number of ether oxygens (including phenoxy) is 1. The maximum absolute atomic E-state index is 12.5. The lowest BCUT2D eigenvalue weighted by molar-refractivity contribution is -0.392. The maximum atomic E-state index is 12.5. The summed E-state index contributed by atoms with van der Waals surface area (Å²) in [6, 6.07) is 6.59. The second-order valence-corrected chi connectivity index (χ2v) is 5.55. The second kappa shape index (κ2) is 8.12. The molecular weight excluding hydrogens is 388 g/mol. The third-order valence-corrected chi connectivity index (χ3v) is 3.87. The molecule has 150 valence electrons. The zero-order valence-electron chi connectivity index (χ0n) is 14.9. The van der Waals surface area contributed by atoms with Gasteiger partial charge >= 0.3 is 11.8 Å². The summed E-state index contributed by atoms with van der Waals surface area (Å²) in [4.78, 5) is 55.0. The number of benzene rings is 2. The molecule has 0 unspecified atom stereocenters. The van der Waals surface area contributed by atoms with Crippen LogP contribution in [0.15, 0.2) is 30.3 Å². The highest BCUT2D eigenvalue weighted by atomic mass is 16.6. The summed E-state index contributed by atoms with van der Waals surface area (Å²) >= 11 is 0. The quantitative estimate of drug-likeness (QED) is 0.373. The lowest BCUT2D eigenvalue weighted by atomic mass is 9.82. The zero-order chi connectivity index (χ0) is 21.9. The Hall–Kier alpha value is -4.35. The van der Waals surface area contributed by atoms with Crippen molar-refractivity contribution in [2.45, 2.75) is 6.92 Å². The Morgan fingerprint density at radius 1 is 1.03 bits per heavy atom. The van der Waals surface area contributed by atoms with Crippen molar-refractivity contribution < 1.29 is 29.0 Å². The van der Waals surface area contributed by atoms with Crippen LogP contribution >= 0.6 is 0 Å². The lowest BCUT2D eigenvalue weighted by Gasteiger charge is -2.17. The molecule has 29 heavy (non-hydrogen) atoms. The molecule has 12 nitrogen and oxygen atoms in total. The molecule has 3 rings (SSSR count). The molecular formula is C17H14N4O8. The van der Waals surface area contributed by atoms with Gasteiger partial charge in [-0.15, -0.1) is 0 Å². The highest BCUT2D eigenvalue weighted by molar-refractivity contribution is 6.30. The topological polar surface area (TPSA) is 199 Å². The molecule has 0 radical (unpaired) electrons. The van der Waals surface area contributed by atoms with E-state index in [1.807, 2.05) is 0 Å². The Kier molecular flexibility index (Phi) is 5.87. The van der Waals surface area contributed by atoms with Crippen LogP contribution in [0.3, 0.4) is 0 Å². The molecule has 1 aliphatic rings. The summed E-state index contributed by atoms with van der Waals surface area (Å²) < 4.78 is 4.18. The molecule has 1 amide bonds. The van der Waals surface area contributed by atoms with Gasteiger partial charge in [-0.3, -0.25) is 29.8 Å². The van der Waals surface area contributed by atoms with Gasteiger partial charge in [0.1, 0.15) is 5.56 Å². The van der Waals surface area contributed by atoms with E-state index >= 15 is 0 Å². The van der Waals surface area contributed by atoms with Gasteiger partial charge in [0.2, 0.25) is 5.78 Å². The number of primary amides is 1. The van der Waals surface area contributed by atoms with Crippen molar-refractivity contribution in [3.63, 3.8) is 0 Å². The number of nitro groups is 2. The molecule has 0 atom stereocenters. The molecule has 0 aromatic heterocycles. The van der Waals surface area contributed by atoms with Gasteiger partial charge in [0.15, 0.2) is 11.5 Å². The number of nitrogens with two attached hydrogens (primary N) is 2. The Morgan fingerprint density at radius 2 is 1.59 bits per heavy atom. The van der Waals surface area contributed by atoms with Crippen LogP contribution < -0.4 is 11.5 Å². The number of carbonyl (C=O) groups is 3. The van der Waals surface area contributed by atoms with E-state index in [0.29, 0.717) is 6.61 Å². The van der Waals surface area contributed by atoms with E-state index in [2.05, 4.69) is 10.5 Å². The minimum Gasteiger partial charge on any atom is -0.450 e. The summed E-state index contributed by atoms with van der Waals surface area (Å²) in [5.74, 6) is -1.45. The summed E-state index contributed by atoms with van der Waals surface area (Å²) in [6.07, 6.45) is -0.711. The van der Waals surface area contributed by atoms with Crippen molar-refractivity contribution in [1.82, 2.24) is 0 Å². The first-order valence-corrected chi connectivity index (χ1v) is 7.97. The molecule has 0 aliphatic heterocycles. The zero-order valence-corrected chi connectivity index (χ0v) is 14.9. The van der Waals surface area contributed by atoms with Gasteiger partial charge in [0, 0.05) is 22.8 Å². The first-order chi connectivity index (χ1) is 13.6. The minimum absolute atomic E-state index is 0.00125. The Bertz CT molecular complexity index is 1060. The van der Waals surface area contributed by atoms with Gasteiger partial charge in [-0.05, 0) is 6.92 Å². The van der Waals surface area contributed by atoms with Crippen LogP contribution in [0.1, 0.15) is 38.8 Å².